The summed E-state index contributed by atoms with van der Waals surface area (Å²) in [5.74, 6) is 1.25. The van der Waals surface area contributed by atoms with Crippen molar-refractivity contribution in [2.45, 2.75) is 66.0 Å². The van der Waals surface area contributed by atoms with Gasteiger partial charge in [0.15, 0.2) is 0 Å². The molecule has 1 unspecified atom stereocenters. The smallest absolute Gasteiger partial charge is 0.304 e. The quantitative estimate of drug-likeness (QED) is 0.515. The molecule has 0 spiro atoms. The Morgan fingerprint density at radius 1 is 1.26 bits per heavy atom. The molecule has 9 nitrogen and oxygen atoms in total. The number of nitrogens with one attached hydrogen (secondary N) is 1. The lowest BCUT2D eigenvalue weighted by Gasteiger charge is -2.34. The zero-order valence-electron chi connectivity index (χ0n) is 23.2. The molecule has 2 aliphatic rings. The number of carbonyl (C=O) groups excluding carboxylic acids is 1. The van der Waals surface area contributed by atoms with Crippen LogP contribution in [0.1, 0.15) is 64.8 Å². The zero-order chi connectivity index (χ0) is 27.8. The van der Waals surface area contributed by atoms with Gasteiger partial charge in [0.1, 0.15) is 11.6 Å². The number of aliphatic hydroxyl groups is 1. The van der Waals surface area contributed by atoms with Crippen LogP contribution in [-0.4, -0.2) is 66.6 Å². The SMILES string of the molecule is Cc1cc(OCC(C)C)cc(-c2ccc(C(=O)NS(=O)(=O)N3CCC(O)C3)c(N3C[C@@H](C)CC3(C)C)n2)c1.[HH]. The third-order valence-corrected chi connectivity index (χ3v) is 8.52. The number of amides is 1. The number of hydrogen-bond donors (Lipinski definition) is 2. The molecule has 4 rings (SSSR count). The number of aliphatic hydroxyl groups excluding tert-OH is 1. The number of anilines is 1. The molecule has 2 saturated heterocycles. The lowest BCUT2D eigenvalue weighted by molar-refractivity contribution is 0.0979. The number of β-amino-alcohol motifs (C(OH)–C–C–N with tert-alkyl or cyclic N) is 1. The molecule has 2 aromatic rings. The summed E-state index contributed by atoms with van der Waals surface area (Å²) in [7, 11) is -4.10. The van der Waals surface area contributed by atoms with E-state index < -0.39 is 22.2 Å². The van der Waals surface area contributed by atoms with Gasteiger partial charge in [0, 0.05) is 32.2 Å². The molecule has 3 heterocycles. The van der Waals surface area contributed by atoms with Crippen molar-refractivity contribution in [2.24, 2.45) is 11.8 Å². The van der Waals surface area contributed by atoms with Gasteiger partial charge in [0.2, 0.25) is 0 Å². The topological polar surface area (TPSA) is 112 Å². The highest BCUT2D eigenvalue weighted by molar-refractivity contribution is 7.87. The van der Waals surface area contributed by atoms with Crippen molar-refractivity contribution in [3.05, 3.63) is 41.5 Å². The van der Waals surface area contributed by atoms with Crippen molar-refractivity contribution < 1.29 is 24.5 Å². The Bertz CT molecular complexity index is 1300. The third-order valence-electron chi connectivity index (χ3n) is 7.07. The number of aryl methyl sites for hydroxylation is 1. The van der Waals surface area contributed by atoms with E-state index in [0.29, 0.717) is 42.9 Å². The van der Waals surface area contributed by atoms with E-state index in [1.54, 1.807) is 12.1 Å². The monoisotopic (exact) mass is 546 g/mol. The van der Waals surface area contributed by atoms with Gasteiger partial charge in [-0.3, -0.25) is 4.79 Å². The number of aromatic nitrogens is 1. The van der Waals surface area contributed by atoms with Gasteiger partial charge in [-0.15, -0.1) is 0 Å². The van der Waals surface area contributed by atoms with E-state index in [9.17, 15) is 18.3 Å². The Morgan fingerprint density at radius 2 is 2.00 bits per heavy atom. The fraction of sp³-hybridized carbons (Fsp3) is 0.571. The molecule has 0 radical (unpaired) electrons. The first-order chi connectivity index (χ1) is 17.7. The van der Waals surface area contributed by atoms with Crippen LogP contribution < -0.4 is 14.4 Å². The van der Waals surface area contributed by atoms with Crippen LogP contribution in [0.5, 0.6) is 5.75 Å². The van der Waals surface area contributed by atoms with E-state index in [2.05, 4.69) is 44.2 Å². The van der Waals surface area contributed by atoms with E-state index in [1.807, 2.05) is 25.1 Å². The van der Waals surface area contributed by atoms with Gasteiger partial charge in [-0.1, -0.05) is 20.8 Å². The predicted molar refractivity (Wildman–Crippen MR) is 151 cm³/mol. The van der Waals surface area contributed by atoms with Gasteiger partial charge < -0.3 is 14.7 Å². The second-order valence-corrected chi connectivity index (χ2v) is 13.4. The second-order valence-electron chi connectivity index (χ2n) is 11.8. The lowest BCUT2D eigenvalue weighted by atomic mass is 9.97. The van der Waals surface area contributed by atoms with Crippen molar-refractivity contribution in [3.8, 4) is 17.0 Å². The first kappa shape index (κ1) is 28.3. The number of carbonyl (C=O) groups is 1. The fourth-order valence-electron chi connectivity index (χ4n) is 5.36. The number of pyridine rings is 1. The molecule has 2 atom stereocenters. The molecule has 1 amide bonds. The minimum atomic E-state index is -4.10. The summed E-state index contributed by atoms with van der Waals surface area (Å²) >= 11 is 0. The molecule has 2 N–H and O–H groups in total. The van der Waals surface area contributed by atoms with Crippen molar-refractivity contribution >= 4 is 21.9 Å². The summed E-state index contributed by atoms with van der Waals surface area (Å²) in [6.07, 6.45) is 0.533. The zero-order valence-corrected chi connectivity index (χ0v) is 24.0. The van der Waals surface area contributed by atoms with E-state index >= 15 is 0 Å². The minimum Gasteiger partial charge on any atom is -0.493 e. The van der Waals surface area contributed by atoms with E-state index in [4.69, 9.17) is 9.72 Å². The van der Waals surface area contributed by atoms with E-state index in [1.165, 1.54) is 0 Å². The number of benzene rings is 1. The molecule has 10 heteroatoms. The van der Waals surface area contributed by atoms with Crippen LogP contribution in [-0.2, 0) is 10.2 Å². The Hall–Kier alpha value is -2.69. The highest BCUT2D eigenvalue weighted by Gasteiger charge is 2.40. The summed E-state index contributed by atoms with van der Waals surface area (Å²) in [6, 6.07) is 9.35. The normalized spacial score (nSPS) is 21.7. The highest BCUT2D eigenvalue weighted by atomic mass is 32.2. The average Bonchev–Trinajstić information content (AvgIpc) is 3.38. The van der Waals surface area contributed by atoms with Crippen LogP contribution >= 0.6 is 0 Å². The van der Waals surface area contributed by atoms with Crippen molar-refractivity contribution in [1.29, 1.82) is 0 Å². The van der Waals surface area contributed by atoms with Crippen LogP contribution in [0.4, 0.5) is 5.82 Å². The van der Waals surface area contributed by atoms with Crippen molar-refractivity contribution in [1.82, 2.24) is 14.0 Å². The molecule has 38 heavy (non-hydrogen) atoms. The predicted octanol–water partition coefficient (Wildman–Crippen LogP) is 4.00. The molecule has 1 aromatic carbocycles. The van der Waals surface area contributed by atoms with Gasteiger partial charge in [-0.25, -0.2) is 9.71 Å². The Labute approximate surface area is 227 Å². The van der Waals surface area contributed by atoms with E-state index in [-0.39, 0.29) is 25.6 Å². The number of hydrogen-bond acceptors (Lipinski definition) is 7. The molecule has 0 bridgehead atoms. The van der Waals surface area contributed by atoms with Crippen molar-refractivity contribution in [2.75, 3.05) is 31.1 Å². The Kier molecular flexibility index (Phi) is 8.07. The summed E-state index contributed by atoms with van der Waals surface area (Å²) in [4.78, 5) is 20.5. The molecular formula is C28H42N4O5S. The third kappa shape index (κ3) is 6.30. The minimum absolute atomic E-state index is 0. The first-order valence-electron chi connectivity index (χ1n) is 13.3. The van der Waals surface area contributed by atoms with Gasteiger partial charge in [-0.2, -0.15) is 12.7 Å². The maximum absolute atomic E-state index is 13.4. The molecule has 2 aliphatic heterocycles. The van der Waals surface area contributed by atoms with Gasteiger partial charge >= 0.3 is 10.2 Å². The molecular weight excluding hydrogens is 504 g/mol. The maximum Gasteiger partial charge on any atom is 0.304 e. The van der Waals surface area contributed by atoms with Crippen molar-refractivity contribution in [3.63, 3.8) is 0 Å². The summed E-state index contributed by atoms with van der Waals surface area (Å²) in [6.45, 7) is 14.0. The van der Waals surface area contributed by atoms with E-state index in [0.717, 1.165) is 27.6 Å². The van der Waals surface area contributed by atoms with Crippen LogP contribution in [0.2, 0.25) is 0 Å². The average molecular weight is 547 g/mol. The molecule has 1 aromatic heterocycles. The maximum atomic E-state index is 13.4. The van der Waals surface area contributed by atoms with Gasteiger partial charge in [0.05, 0.1) is 24.0 Å². The highest BCUT2D eigenvalue weighted by Crippen LogP contribution is 2.38. The van der Waals surface area contributed by atoms with Crippen LogP contribution in [0, 0.1) is 18.8 Å². The standard InChI is InChI=1S/C28H40N4O5S.H2/c1-18(2)17-37-23-12-19(3)11-21(13-23)25-8-7-24(26(29-25)32-15-20(4)14-28(32,5)6)27(34)30-38(35,36)31-10-9-22(33)16-31;/h7-8,11-13,18,20,22,33H,9-10,14-17H2,1-6H3,(H,30,34);1H/t20-,22?;/m0./s1. The molecule has 210 valence electrons. The number of nitrogens with zero attached hydrogens (tertiary/aromatic N) is 3. The first-order valence-corrected chi connectivity index (χ1v) is 14.7. The lowest BCUT2D eigenvalue weighted by Crippen LogP contribution is -2.44. The Balaban J connectivity index is 0.00000420. The molecule has 0 saturated carbocycles. The number of ether oxygens (including phenoxy) is 1. The fourth-order valence-corrected chi connectivity index (χ4v) is 6.55. The summed E-state index contributed by atoms with van der Waals surface area (Å²) < 4.78 is 35.0. The van der Waals surface area contributed by atoms with Crippen LogP contribution in [0.15, 0.2) is 30.3 Å². The summed E-state index contributed by atoms with van der Waals surface area (Å²) in [5.41, 5.74) is 2.50. The van der Waals surface area contributed by atoms with Gasteiger partial charge in [0.25, 0.3) is 5.91 Å². The summed E-state index contributed by atoms with van der Waals surface area (Å²) in [5, 5.41) is 9.78. The van der Waals surface area contributed by atoms with Crippen LogP contribution in [0.3, 0.4) is 0 Å². The van der Waals surface area contributed by atoms with Crippen LogP contribution in [0.25, 0.3) is 11.3 Å². The van der Waals surface area contributed by atoms with Gasteiger partial charge in [-0.05, 0) is 81.3 Å². The second kappa shape index (κ2) is 10.8. The molecule has 0 aliphatic carbocycles. The Morgan fingerprint density at radius 3 is 2.61 bits per heavy atom. The largest absolute Gasteiger partial charge is 0.493 e. The number of rotatable bonds is 8. The molecule has 2 fully saturated rings.